The fourth-order valence-electron chi connectivity index (χ4n) is 6.19. The van der Waals surface area contributed by atoms with E-state index in [2.05, 4.69) is 10.2 Å². The summed E-state index contributed by atoms with van der Waals surface area (Å²) in [6, 6.07) is 24.8. The van der Waals surface area contributed by atoms with Crippen LogP contribution in [0.5, 0.6) is 0 Å². The second-order valence-corrected chi connectivity index (χ2v) is 12.3. The van der Waals surface area contributed by atoms with Gasteiger partial charge in [-0.15, -0.1) is 11.3 Å². The number of carbonyl (C=O) groups is 4. The maximum atomic E-state index is 13.2. The number of benzene rings is 3. The second-order valence-electron chi connectivity index (χ2n) is 11.4. The van der Waals surface area contributed by atoms with E-state index in [0.717, 1.165) is 58.9 Å². The molecule has 10 heteroatoms. The van der Waals surface area contributed by atoms with E-state index in [1.54, 1.807) is 16.2 Å². The van der Waals surface area contributed by atoms with Gasteiger partial charge in [0, 0.05) is 47.9 Å². The van der Waals surface area contributed by atoms with Crippen molar-refractivity contribution in [3.8, 4) is 21.8 Å². The number of nitrogens with zero attached hydrogens (tertiary/aromatic N) is 4. The average Bonchev–Trinajstić information content (AvgIpc) is 3.84. The van der Waals surface area contributed by atoms with Crippen molar-refractivity contribution >= 4 is 46.8 Å². The number of thiazole rings is 1. The van der Waals surface area contributed by atoms with Crippen LogP contribution < -0.4 is 10.2 Å². The molecule has 0 spiro atoms. The van der Waals surface area contributed by atoms with Crippen LogP contribution in [0.15, 0.2) is 84.2 Å². The van der Waals surface area contributed by atoms with E-state index >= 15 is 0 Å². The van der Waals surface area contributed by atoms with Crippen LogP contribution in [0.4, 0.5) is 11.4 Å². The van der Waals surface area contributed by atoms with Gasteiger partial charge in [-0.05, 0) is 67.6 Å². The Balaban J connectivity index is 1.08. The minimum absolute atomic E-state index is 0.0269. The van der Waals surface area contributed by atoms with Crippen molar-refractivity contribution in [1.29, 1.82) is 0 Å². The zero-order valence-electron chi connectivity index (χ0n) is 25.1. The molecule has 6 rings (SSSR count). The highest BCUT2D eigenvalue weighted by Crippen LogP contribution is 2.33. The van der Waals surface area contributed by atoms with E-state index in [0.29, 0.717) is 31.5 Å². The number of anilines is 2. The number of nitrogens with one attached hydrogen (secondary N) is 1. The normalized spacial score (nSPS) is 17.7. The first-order chi connectivity index (χ1) is 21.9. The third-order valence-electron chi connectivity index (χ3n) is 8.49. The van der Waals surface area contributed by atoms with Crippen LogP contribution in [0.3, 0.4) is 0 Å². The predicted octanol–water partition coefficient (Wildman–Crippen LogP) is 5.58. The second kappa shape index (κ2) is 13.4. The molecule has 0 aliphatic carbocycles. The number of hydrogen-bond donors (Lipinski definition) is 1. The number of rotatable bonds is 9. The van der Waals surface area contributed by atoms with Gasteiger partial charge in [-0.1, -0.05) is 42.5 Å². The van der Waals surface area contributed by atoms with Crippen molar-refractivity contribution in [3.05, 3.63) is 89.8 Å². The van der Waals surface area contributed by atoms with Gasteiger partial charge in [0.05, 0.1) is 12.1 Å². The third kappa shape index (κ3) is 6.66. The summed E-state index contributed by atoms with van der Waals surface area (Å²) in [5.41, 5.74) is 5.34. The quantitative estimate of drug-likeness (QED) is 0.245. The SMILES string of the molecule is CC(=O)N(C=O)C1CCCN1c1ccc(-c2nc(-c3ccc(NC(=O)[C@@H]4CCCN4C(=O)Cc4ccccc4)cc3)cs2)cc1. The lowest BCUT2D eigenvalue weighted by Gasteiger charge is -2.32. The van der Waals surface area contributed by atoms with Crippen LogP contribution in [-0.2, 0) is 25.6 Å². The molecule has 1 unspecified atom stereocenters. The Kier molecular flexibility index (Phi) is 9.02. The Morgan fingerprint density at radius 2 is 1.64 bits per heavy atom. The molecule has 0 saturated carbocycles. The van der Waals surface area contributed by atoms with Gasteiger partial charge in [0.1, 0.15) is 17.2 Å². The highest BCUT2D eigenvalue weighted by molar-refractivity contribution is 7.13. The number of imide groups is 1. The summed E-state index contributed by atoms with van der Waals surface area (Å²) >= 11 is 1.55. The van der Waals surface area contributed by atoms with Gasteiger partial charge in [0.15, 0.2) is 0 Å². The molecular weight excluding hydrogens is 586 g/mol. The predicted molar refractivity (Wildman–Crippen MR) is 175 cm³/mol. The molecule has 2 aliphatic rings. The molecule has 3 aromatic carbocycles. The smallest absolute Gasteiger partial charge is 0.247 e. The Bertz CT molecular complexity index is 1670. The molecule has 1 N–H and O–H groups in total. The maximum Gasteiger partial charge on any atom is 0.247 e. The summed E-state index contributed by atoms with van der Waals surface area (Å²) in [7, 11) is 0. The van der Waals surface area contributed by atoms with E-state index in [9.17, 15) is 19.2 Å². The molecule has 3 heterocycles. The fraction of sp³-hybridized carbons (Fsp3) is 0.286. The van der Waals surface area contributed by atoms with Gasteiger partial charge in [0.2, 0.25) is 24.1 Å². The Morgan fingerprint density at radius 1 is 0.933 bits per heavy atom. The van der Waals surface area contributed by atoms with Gasteiger partial charge < -0.3 is 15.1 Å². The van der Waals surface area contributed by atoms with Gasteiger partial charge >= 0.3 is 0 Å². The summed E-state index contributed by atoms with van der Waals surface area (Å²) < 4.78 is 0. The topological polar surface area (TPSA) is 103 Å². The minimum Gasteiger partial charge on any atom is -0.351 e. The number of likely N-dealkylation sites (tertiary alicyclic amines) is 1. The van der Waals surface area contributed by atoms with Gasteiger partial charge in [0.25, 0.3) is 0 Å². The van der Waals surface area contributed by atoms with E-state index in [4.69, 9.17) is 4.98 Å². The number of aromatic nitrogens is 1. The summed E-state index contributed by atoms with van der Waals surface area (Å²) in [5, 5.41) is 5.89. The molecule has 4 amide bonds. The van der Waals surface area contributed by atoms with E-state index in [1.165, 1.54) is 11.8 Å². The molecule has 4 aromatic rings. The largest absolute Gasteiger partial charge is 0.351 e. The Labute approximate surface area is 266 Å². The van der Waals surface area contributed by atoms with Crippen molar-refractivity contribution in [2.75, 3.05) is 23.3 Å². The van der Waals surface area contributed by atoms with Gasteiger partial charge in [-0.25, -0.2) is 4.98 Å². The molecule has 9 nitrogen and oxygen atoms in total. The number of amides is 4. The first-order valence-corrected chi connectivity index (χ1v) is 16.1. The van der Waals surface area contributed by atoms with E-state index in [1.807, 2.05) is 84.2 Å². The van der Waals surface area contributed by atoms with E-state index in [-0.39, 0.29) is 23.9 Å². The highest BCUT2D eigenvalue weighted by atomic mass is 32.1. The first-order valence-electron chi connectivity index (χ1n) is 15.2. The van der Waals surface area contributed by atoms with Crippen molar-refractivity contribution in [3.63, 3.8) is 0 Å². The van der Waals surface area contributed by atoms with Crippen LogP contribution in [0, 0.1) is 0 Å². The first kappa shape index (κ1) is 30.2. The lowest BCUT2D eigenvalue weighted by molar-refractivity contribution is -0.138. The van der Waals surface area contributed by atoms with Crippen LogP contribution in [-0.4, -0.2) is 64.2 Å². The van der Waals surface area contributed by atoms with Gasteiger partial charge in [-0.2, -0.15) is 0 Å². The molecule has 2 aliphatic heterocycles. The lowest BCUT2D eigenvalue weighted by atomic mass is 10.1. The molecule has 0 bridgehead atoms. The standard InChI is InChI=1S/C35H35N5O4S/c1-24(42)40(23-41)32-10-6-19-38(32)29-17-13-27(14-18-29)35-37-30(22-45-35)26-11-15-28(16-12-26)36-34(44)31-9-5-20-39(31)33(43)21-25-7-3-2-4-8-25/h2-4,7-8,11-18,22-23,31-32H,5-6,9-10,19-21H2,1H3,(H,36,44)/t31-,32?/m0/s1. The average molecular weight is 622 g/mol. The summed E-state index contributed by atoms with van der Waals surface area (Å²) in [4.78, 5) is 59.5. The molecule has 45 heavy (non-hydrogen) atoms. The zero-order valence-corrected chi connectivity index (χ0v) is 25.9. The molecule has 2 atom stereocenters. The van der Waals surface area contributed by atoms with E-state index < -0.39 is 6.04 Å². The fourth-order valence-corrected chi connectivity index (χ4v) is 7.02. The molecule has 2 fully saturated rings. The van der Waals surface area contributed by atoms with Crippen molar-refractivity contribution in [2.24, 2.45) is 0 Å². The highest BCUT2D eigenvalue weighted by Gasteiger charge is 2.34. The Morgan fingerprint density at radius 3 is 2.36 bits per heavy atom. The summed E-state index contributed by atoms with van der Waals surface area (Å²) in [5.74, 6) is -0.446. The van der Waals surface area contributed by atoms with Crippen molar-refractivity contribution < 1.29 is 19.2 Å². The van der Waals surface area contributed by atoms with Crippen LogP contribution in [0.2, 0.25) is 0 Å². The summed E-state index contributed by atoms with van der Waals surface area (Å²) in [6.45, 7) is 2.79. The number of hydrogen-bond acceptors (Lipinski definition) is 7. The molecule has 230 valence electrons. The monoisotopic (exact) mass is 621 g/mol. The zero-order chi connectivity index (χ0) is 31.3. The van der Waals surface area contributed by atoms with Crippen LogP contribution >= 0.6 is 11.3 Å². The van der Waals surface area contributed by atoms with Crippen LogP contribution in [0.25, 0.3) is 21.8 Å². The van der Waals surface area contributed by atoms with Crippen molar-refractivity contribution in [2.45, 2.75) is 51.2 Å². The maximum absolute atomic E-state index is 13.2. The van der Waals surface area contributed by atoms with Gasteiger partial charge in [-0.3, -0.25) is 24.1 Å². The summed E-state index contributed by atoms with van der Waals surface area (Å²) in [6.07, 6.45) is 3.78. The molecule has 0 radical (unpaired) electrons. The number of carbonyl (C=O) groups excluding carboxylic acids is 4. The van der Waals surface area contributed by atoms with Crippen LogP contribution in [0.1, 0.15) is 38.2 Å². The Hall–Kier alpha value is -4.83. The molecule has 2 saturated heterocycles. The van der Waals surface area contributed by atoms with Crippen molar-refractivity contribution in [1.82, 2.24) is 14.8 Å². The third-order valence-corrected chi connectivity index (χ3v) is 9.38. The molecule has 1 aromatic heterocycles. The lowest BCUT2D eigenvalue weighted by Crippen LogP contribution is -2.46. The molecular formula is C35H35N5O4S. The minimum atomic E-state index is -0.470.